The van der Waals surface area contributed by atoms with Crippen molar-refractivity contribution in [2.75, 3.05) is 0 Å². The summed E-state index contributed by atoms with van der Waals surface area (Å²) in [7, 11) is 0. The number of hydrogen-bond acceptors (Lipinski definition) is 1. The average molecular weight is 260 g/mol. The molecule has 1 N–H and O–H groups in total. The molecule has 3 heteroatoms. The zero-order chi connectivity index (χ0) is 13.7. The largest absolute Gasteiger partial charge is 0.326 e. The number of H-pyrrole nitrogens is 1. The summed E-state index contributed by atoms with van der Waals surface area (Å²) in [5.41, 5.74) is 2.03. The Morgan fingerprint density at radius 3 is 2.63 bits per heavy atom. The van der Waals surface area contributed by atoms with Crippen molar-refractivity contribution in [2.24, 2.45) is 0 Å². The second-order valence-electron chi connectivity index (χ2n) is 5.26. The lowest BCUT2D eigenvalue weighted by Crippen LogP contribution is -2.22. The summed E-state index contributed by atoms with van der Waals surface area (Å²) in [6, 6.07) is 8.31. The number of hydrogen-bond donors (Lipinski definition) is 1. The van der Waals surface area contributed by atoms with Crippen LogP contribution >= 0.6 is 0 Å². The van der Waals surface area contributed by atoms with E-state index in [9.17, 15) is 4.79 Å². The van der Waals surface area contributed by atoms with Gasteiger partial charge in [0.1, 0.15) is 0 Å². The van der Waals surface area contributed by atoms with Crippen LogP contribution in [0.25, 0.3) is 11.0 Å². The number of nitrogens with one attached hydrogen (secondary N) is 1. The first-order valence-corrected chi connectivity index (χ1v) is 7.47. The third-order valence-electron chi connectivity index (χ3n) is 3.75. The smallest absolute Gasteiger partial charge is 0.306 e. The molecular weight excluding hydrogens is 236 g/mol. The first-order chi connectivity index (χ1) is 9.27. The molecule has 1 heterocycles. The maximum Gasteiger partial charge on any atom is 0.326 e. The fourth-order valence-corrected chi connectivity index (χ4v) is 2.80. The van der Waals surface area contributed by atoms with Crippen LogP contribution in [0.2, 0.25) is 0 Å². The molecule has 0 amide bonds. The van der Waals surface area contributed by atoms with Crippen molar-refractivity contribution in [3.05, 3.63) is 34.7 Å². The standard InChI is InChI=1S/C16H24N2O/c1-3-5-6-10-13(9-4-2)18-15-12-8-7-11-14(15)17-16(18)19/h7-8,11-13H,3-6,9-10H2,1-2H3,(H,17,19). The monoisotopic (exact) mass is 260 g/mol. The molecule has 0 aliphatic carbocycles. The summed E-state index contributed by atoms with van der Waals surface area (Å²) >= 11 is 0. The Labute approximate surface area is 114 Å². The Kier molecular flexibility index (Phi) is 4.83. The fourth-order valence-electron chi connectivity index (χ4n) is 2.80. The van der Waals surface area contributed by atoms with Gasteiger partial charge in [0.25, 0.3) is 0 Å². The second kappa shape index (κ2) is 6.60. The van der Waals surface area contributed by atoms with E-state index in [0.29, 0.717) is 6.04 Å². The molecule has 1 atom stereocenters. The summed E-state index contributed by atoms with van der Waals surface area (Å²) in [6.45, 7) is 4.40. The van der Waals surface area contributed by atoms with Gasteiger partial charge in [-0.1, -0.05) is 51.7 Å². The van der Waals surface area contributed by atoms with Crippen LogP contribution in [0.4, 0.5) is 0 Å². The van der Waals surface area contributed by atoms with Crippen LogP contribution in [0.15, 0.2) is 29.1 Å². The van der Waals surface area contributed by atoms with Crippen LogP contribution in [0.1, 0.15) is 58.4 Å². The number of aromatic nitrogens is 2. The van der Waals surface area contributed by atoms with E-state index in [1.54, 1.807) is 0 Å². The maximum atomic E-state index is 12.2. The van der Waals surface area contributed by atoms with Gasteiger partial charge < -0.3 is 4.98 Å². The van der Waals surface area contributed by atoms with Crippen molar-refractivity contribution < 1.29 is 0 Å². The molecule has 2 aromatic rings. The lowest BCUT2D eigenvalue weighted by atomic mass is 10.0. The first kappa shape index (κ1) is 13.9. The van der Waals surface area contributed by atoms with Gasteiger partial charge in [-0.25, -0.2) is 4.79 Å². The number of imidazole rings is 1. The number of nitrogens with zero attached hydrogens (tertiary/aromatic N) is 1. The Hall–Kier alpha value is -1.51. The Morgan fingerprint density at radius 1 is 1.11 bits per heavy atom. The summed E-state index contributed by atoms with van der Waals surface area (Å²) < 4.78 is 1.97. The molecule has 1 aromatic carbocycles. The van der Waals surface area contributed by atoms with E-state index < -0.39 is 0 Å². The van der Waals surface area contributed by atoms with E-state index in [0.717, 1.165) is 30.3 Å². The molecule has 104 valence electrons. The van der Waals surface area contributed by atoms with E-state index >= 15 is 0 Å². The fraction of sp³-hybridized carbons (Fsp3) is 0.562. The van der Waals surface area contributed by atoms with Gasteiger partial charge in [0.2, 0.25) is 0 Å². The third kappa shape index (κ3) is 3.09. The number of benzene rings is 1. The number of fused-ring (bicyclic) bond motifs is 1. The molecule has 2 rings (SSSR count). The molecule has 0 saturated heterocycles. The molecule has 1 unspecified atom stereocenters. The third-order valence-corrected chi connectivity index (χ3v) is 3.75. The quantitative estimate of drug-likeness (QED) is 0.742. The SMILES string of the molecule is CCCCCC(CCC)n1c(=O)[nH]c2ccccc21. The average Bonchev–Trinajstić information content (AvgIpc) is 2.74. The Bertz CT molecular complexity index is 567. The van der Waals surface area contributed by atoms with Gasteiger partial charge in [-0.3, -0.25) is 4.57 Å². The minimum Gasteiger partial charge on any atom is -0.306 e. The number of para-hydroxylation sites is 2. The second-order valence-corrected chi connectivity index (χ2v) is 5.26. The van der Waals surface area contributed by atoms with Gasteiger partial charge >= 0.3 is 5.69 Å². The van der Waals surface area contributed by atoms with Gasteiger partial charge in [-0.15, -0.1) is 0 Å². The highest BCUT2D eigenvalue weighted by Crippen LogP contribution is 2.23. The highest BCUT2D eigenvalue weighted by molar-refractivity contribution is 5.75. The molecule has 3 nitrogen and oxygen atoms in total. The van der Waals surface area contributed by atoms with Gasteiger partial charge in [-0.2, -0.15) is 0 Å². The van der Waals surface area contributed by atoms with Gasteiger partial charge in [0.15, 0.2) is 0 Å². The van der Waals surface area contributed by atoms with Crippen molar-refractivity contribution in [2.45, 2.75) is 58.4 Å². The van der Waals surface area contributed by atoms with E-state index in [2.05, 4.69) is 18.8 Å². The van der Waals surface area contributed by atoms with E-state index in [4.69, 9.17) is 0 Å². The van der Waals surface area contributed by atoms with Crippen molar-refractivity contribution >= 4 is 11.0 Å². The molecule has 0 spiro atoms. The van der Waals surface area contributed by atoms with Gasteiger partial charge in [0.05, 0.1) is 11.0 Å². The minimum atomic E-state index is 0.0381. The topological polar surface area (TPSA) is 37.8 Å². The summed E-state index contributed by atoms with van der Waals surface area (Å²) in [4.78, 5) is 15.2. The van der Waals surface area contributed by atoms with Crippen LogP contribution < -0.4 is 5.69 Å². The van der Waals surface area contributed by atoms with Crippen molar-refractivity contribution in [3.63, 3.8) is 0 Å². The highest BCUT2D eigenvalue weighted by Gasteiger charge is 2.15. The van der Waals surface area contributed by atoms with Crippen LogP contribution in [0, 0.1) is 0 Å². The molecule has 1 aromatic heterocycles. The van der Waals surface area contributed by atoms with Gasteiger partial charge in [0, 0.05) is 6.04 Å². The van der Waals surface area contributed by atoms with E-state index in [1.165, 1.54) is 19.3 Å². The van der Waals surface area contributed by atoms with Crippen LogP contribution in [-0.2, 0) is 0 Å². The van der Waals surface area contributed by atoms with E-state index in [1.807, 2.05) is 28.8 Å². The Morgan fingerprint density at radius 2 is 1.89 bits per heavy atom. The van der Waals surface area contributed by atoms with Gasteiger partial charge in [-0.05, 0) is 25.0 Å². The number of aromatic amines is 1. The van der Waals surface area contributed by atoms with Crippen LogP contribution in [0.3, 0.4) is 0 Å². The zero-order valence-electron chi connectivity index (χ0n) is 12.0. The highest BCUT2D eigenvalue weighted by atomic mass is 16.1. The van der Waals surface area contributed by atoms with Crippen molar-refractivity contribution in [3.8, 4) is 0 Å². The molecule has 0 saturated carbocycles. The lowest BCUT2D eigenvalue weighted by Gasteiger charge is -2.18. The zero-order valence-corrected chi connectivity index (χ0v) is 12.0. The summed E-state index contributed by atoms with van der Waals surface area (Å²) in [5, 5.41) is 0. The summed E-state index contributed by atoms with van der Waals surface area (Å²) in [6.07, 6.45) is 6.96. The number of unbranched alkanes of at least 4 members (excludes halogenated alkanes) is 2. The van der Waals surface area contributed by atoms with Crippen LogP contribution in [0.5, 0.6) is 0 Å². The first-order valence-electron chi connectivity index (χ1n) is 7.47. The maximum absolute atomic E-state index is 12.2. The number of rotatable bonds is 7. The normalized spacial score (nSPS) is 12.9. The summed E-state index contributed by atoms with van der Waals surface area (Å²) in [5.74, 6) is 0. The van der Waals surface area contributed by atoms with Crippen molar-refractivity contribution in [1.82, 2.24) is 9.55 Å². The van der Waals surface area contributed by atoms with Crippen molar-refractivity contribution in [1.29, 1.82) is 0 Å². The molecular formula is C16H24N2O. The minimum absolute atomic E-state index is 0.0381. The molecule has 0 aliphatic rings. The molecule has 0 bridgehead atoms. The van der Waals surface area contributed by atoms with E-state index in [-0.39, 0.29) is 5.69 Å². The molecule has 0 aliphatic heterocycles. The Balaban J connectivity index is 2.32. The molecule has 0 radical (unpaired) electrons. The molecule has 0 fully saturated rings. The molecule has 19 heavy (non-hydrogen) atoms. The van der Waals surface area contributed by atoms with Crippen LogP contribution in [-0.4, -0.2) is 9.55 Å². The predicted octanol–water partition coefficient (Wildman–Crippen LogP) is 4.25. The predicted molar refractivity (Wildman–Crippen MR) is 80.6 cm³/mol. The lowest BCUT2D eigenvalue weighted by molar-refractivity contribution is 0.413.